The van der Waals surface area contributed by atoms with Gasteiger partial charge in [-0.2, -0.15) is 0 Å². The summed E-state index contributed by atoms with van der Waals surface area (Å²) in [4.78, 5) is 69.2. The fourth-order valence-corrected chi connectivity index (χ4v) is 8.01. The second-order valence-corrected chi connectivity index (χ2v) is 14.9. The van der Waals surface area contributed by atoms with E-state index in [4.69, 9.17) is 24.4 Å². The van der Waals surface area contributed by atoms with Gasteiger partial charge in [0.1, 0.15) is 43.2 Å². The molecule has 4 atom stereocenters. The van der Waals surface area contributed by atoms with E-state index in [2.05, 4.69) is 62.2 Å². The van der Waals surface area contributed by atoms with Crippen molar-refractivity contribution in [3.63, 3.8) is 0 Å². The average molecular weight is 699 g/mol. The third-order valence-electron chi connectivity index (χ3n) is 10.1. The quantitative estimate of drug-likeness (QED) is 0.121. The van der Waals surface area contributed by atoms with Crippen LogP contribution in [0.4, 0.5) is 5.82 Å². The number of nitrogens with zero attached hydrogens (tertiary/aromatic N) is 1. The predicted octanol–water partition coefficient (Wildman–Crippen LogP) is 5.70. The van der Waals surface area contributed by atoms with Gasteiger partial charge in [-0.15, -0.1) is 0 Å². The number of amidine groups is 1. The van der Waals surface area contributed by atoms with E-state index in [0.29, 0.717) is 52.0 Å². The van der Waals surface area contributed by atoms with Crippen LogP contribution < -0.4 is 10.6 Å². The van der Waals surface area contributed by atoms with Crippen LogP contribution in [0.5, 0.6) is 0 Å². The molecule has 50 heavy (non-hydrogen) atoms. The zero-order valence-electron chi connectivity index (χ0n) is 30.8. The molecule has 2 aliphatic carbocycles. The Morgan fingerprint density at radius 1 is 0.880 bits per heavy atom. The molecule has 1 aromatic heterocycles. The lowest BCUT2D eigenvalue weighted by Crippen LogP contribution is -2.40. The fraction of sp³-hybridized carbons (Fsp3) is 0.649. The Morgan fingerprint density at radius 3 is 2.02 bits per heavy atom. The van der Waals surface area contributed by atoms with Crippen LogP contribution in [0, 0.1) is 42.4 Å². The molecule has 0 radical (unpaired) electrons. The van der Waals surface area contributed by atoms with E-state index in [-0.39, 0.29) is 48.0 Å². The molecule has 1 aromatic rings. The number of hydrogen-bond acceptors (Lipinski definition) is 9. The van der Waals surface area contributed by atoms with Gasteiger partial charge in [0.25, 0.3) is 5.91 Å². The Morgan fingerprint density at radius 2 is 1.46 bits per heavy atom. The third kappa shape index (κ3) is 9.70. The van der Waals surface area contributed by atoms with Crippen LogP contribution in [0.3, 0.4) is 0 Å². The first-order valence-corrected chi connectivity index (χ1v) is 17.6. The summed E-state index contributed by atoms with van der Waals surface area (Å²) in [6.45, 7) is 16.9. The van der Waals surface area contributed by atoms with Gasteiger partial charge in [0, 0.05) is 18.2 Å². The maximum Gasteiger partial charge on any atom is 0.342 e. The molecule has 0 aromatic carbocycles. The van der Waals surface area contributed by atoms with Crippen molar-refractivity contribution < 1.29 is 43.5 Å². The Bertz CT molecular complexity index is 1520. The minimum absolute atomic E-state index is 0.0135. The molecule has 2 amide bonds. The maximum absolute atomic E-state index is 13.8. The molecular formula is C37H54N4O9. The van der Waals surface area contributed by atoms with Gasteiger partial charge in [0.05, 0.1) is 11.8 Å². The maximum atomic E-state index is 13.8. The van der Waals surface area contributed by atoms with Crippen molar-refractivity contribution in [3.05, 3.63) is 33.7 Å². The van der Waals surface area contributed by atoms with Crippen molar-refractivity contribution >= 4 is 41.5 Å². The minimum Gasteiger partial charge on any atom is -0.480 e. The number of esters is 1. The van der Waals surface area contributed by atoms with Gasteiger partial charge in [0.15, 0.2) is 0 Å². The molecular weight excluding hydrogens is 644 g/mol. The number of allylic oxidation sites excluding steroid dienone is 1. The van der Waals surface area contributed by atoms with Gasteiger partial charge in [-0.05, 0) is 92.3 Å². The standard InChI is InChI=1S/C37H54N4O9/c1-18-10-20(3)33(21(4)11-18)49-37(46)32-25(8)29(40-36(32)41-30(43)16-47-17-31(44)45)14-28-24(7)27(35(39-28)38-26(9)42)15-48-50-34-22(5)12-19(2)13-23(34)6/h14,18-23,33-34,39H,10-13,15-17H2,1-9H3,(H,38,42)(H,44,45)(H,40,41,43)/b29-14-. The molecule has 2 fully saturated rings. The van der Waals surface area contributed by atoms with Gasteiger partial charge in [0.2, 0.25) is 5.91 Å². The molecule has 0 saturated heterocycles. The molecule has 2 heterocycles. The average Bonchev–Trinajstić information content (AvgIpc) is 3.45. The Kier molecular flexibility index (Phi) is 13.2. The summed E-state index contributed by atoms with van der Waals surface area (Å²) < 4.78 is 11.0. The summed E-state index contributed by atoms with van der Waals surface area (Å²) in [5, 5.41) is 14.3. The van der Waals surface area contributed by atoms with E-state index in [1.807, 2.05) is 6.92 Å². The van der Waals surface area contributed by atoms with Crippen LogP contribution in [-0.4, -0.2) is 65.1 Å². The number of carbonyl (C=O) groups is 4. The zero-order chi connectivity index (χ0) is 36.9. The zero-order valence-corrected chi connectivity index (χ0v) is 30.8. The first kappa shape index (κ1) is 39.0. The van der Waals surface area contributed by atoms with E-state index in [9.17, 15) is 19.2 Å². The minimum atomic E-state index is -1.21. The summed E-state index contributed by atoms with van der Waals surface area (Å²) in [5.41, 5.74) is 3.04. The summed E-state index contributed by atoms with van der Waals surface area (Å²) in [7, 11) is 0. The number of aromatic nitrogens is 1. The molecule has 3 aliphatic rings. The third-order valence-corrected chi connectivity index (χ3v) is 10.1. The lowest BCUT2D eigenvalue weighted by Gasteiger charge is -2.37. The molecule has 1 aliphatic heterocycles. The Labute approximate surface area is 294 Å². The summed E-state index contributed by atoms with van der Waals surface area (Å²) in [6, 6.07) is 0. The van der Waals surface area contributed by atoms with Crippen molar-refractivity contribution in [3.8, 4) is 0 Å². The van der Waals surface area contributed by atoms with E-state index in [1.165, 1.54) is 6.92 Å². The number of carbonyl (C=O) groups excluding carboxylic acids is 3. The first-order chi connectivity index (χ1) is 23.5. The number of carboxylic acid groups (broad SMARTS) is 1. The number of anilines is 1. The smallest absolute Gasteiger partial charge is 0.342 e. The highest BCUT2D eigenvalue weighted by Gasteiger charge is 2.38. The van der Waals surface area contributed by atoms with Crippen molar-refractivity contribution in [1.82, 2.24) is 10.3 Å². The van der Waals surface area contributed by atoms with Crippen LogP contribution in [0.1, 0.15) is 97.9 Å². The Balaban J connectivity index is 1.62. The predicted molar refractivity (Wildman–Crippen MR) is 188 cm³/mol. The SMILES string of the molecule is CC(=O)Nc1[nH]c(/C=C2\N=C(NC(=O)COCC(=O)O)C(C(=O)OC3C(C)CC(C)CC3C)=C2C)c(C)c1COOC1C(C)CC(C)CC1C. The van der Waals surface area contributed by atoms with Crippen LogP contribution in [-0.2, 0) is 45.0 Å². The summed E-state index contributed by atoms with van der Waals surface area (Å²) >= 11 is 0. The first-order valence-electron chi connectivity index (χ1n) is 17.6. The highest BCUT2D eigenvalue weighted by molar-refractivity contribution is 6.25. The molecule has 4 unspecified atom stereocenters. The van der Waals surface area contributed by atoms with Gasteiger partial charge in [-0.3, -0.25) is 9.59 Å². The molecule has 13 nitrogen and oxygen atoms in total. The van der Waals surface area contributed by atoms with Crippen molar-refractivity contribution in [2.24, 2.45) is 40.5 Å². The van der Waals surface area contributed by atoms with Crippen LogP contribution in [0.15, 0.2) is 21.8 Å². The van der Waals surface area contributed by atoms with Gasteiger partial charge in [-0.1, -0.05) is 41.5 Å². The number of H-pyrrole nitrogens is 1. The van der Waals surface area contributed by atoms with Crippen LogP contribution in [0.2, 0.25) is 0 Å². The van der Waals surface area contributed by atoms with E-state index >= 15 is 0 Å². The number of aliphatic carboxylic acids is 1. The number of ether oxygens (including phenoxy) is 2. The number of carboxylic acids is 1. The lowest BCUT2D eigenvalue weighted by molar-refractivity contribution is -0.354. The highest BCUT2D eigenvalue weighted by Crippen LogP contribution is 2.38. The van der Waals surface area contributed by atoms with Crippen molar-refractivity contribution in [2.45, 2.75) is 107 Å². The number of rotatable bonds is 12. The number of hydrogen-bond donors (Lipinski definition) is 4. The lowest BCUT2D eigenvalue weighted by atomic mass is 9.75. The van der Waals surface area contributed by atoms with Gasteiger partial charge >= 0.3 is 11.9 Å². The number of aliphatic imine (C=N–C) groups is 1. The topological polar surface area (TPSA) is 178 Å². The number of amides is 2. The van der Waals surface area contributed by atoms with Gasteiger partial charge in [-0.25, -0.2) is 24.4 Å². The number of nitrogens with one attached hydrogen (secondary N) is 3. The molecule has 0 bridgehead atoms. The second-order valence-electron chi connectivity index (χ2n) is 14.9. The summed E-state index contributed by atoms with van der Waals surface area (Å²) in [6.07, 6.45) is 5.38. The molecule has 13 heteroatoms. The van der Waals surface area contributed by atoms with Crippen LogP contribution in [0.25, 0.3) is 6.08 Å². The molecule has 0 spiro atoms. The van der Waals surface area contributed by atoms with Crippen molar-refractivity contribution in [1.29, 1.82) is 0 Å². The highest BCUT2D eigenvalue weighted by atomic mass is 17.2. The number of aromatic amines is 1. The normalized spacial score (nSPS) is 29.1. The van der Waals surface area contributed by atoms with Crippen LogP contribution >= 0.6 is 0 Å². The molecule has 2 saturated carbocycles. The Hall–Kier alpha value is -3.81. The molecule has 4 rings (SSSR count). The fourth-order valence-electron chi connectivity index (χ4n) is 8.01. The van der Waals surface area contributed by atoms with E-state index in [0.717, 1.165) is 31.2 Å². The second kappa shape index (κ2) is 16.9. The monoisotopic (exact) mass is 698 g/mol. The van der Waals surface area contributed by atoms with E-state index in [1.54, 1.807) is 13.0 Å². The van der Waals surface area contributed by atoms with Gasteiger partial charge < -0.3 is 30.2 Å². The molecule has 276 valence electrons. The van der Waals surface area contributed by atoms with E-state index < -0.39 is 31.1 Å². The molecule has 4 N–H and O–H groups in total. The summed E-state index contributed by atoms with van der Waals surface area (Å²) in [5.74, 6) is -0.169. The van der Waals surface area contributed by atoms with Crippen molar-refractivity contribution in [2.75, 3.05) is 18.5 Å². The largest absolute Gasteiger partial charge is 0.480 e.